The van der Waals surface area contributed by atoms with Crippen molar-refractivity contribution in [2.45, 2.75) is 18.7 Å². The number of hydrogen-bond acceptors (Lipinski definition) is 4. The highest BCUT2D eigenvalue weighted by Crippen LogP contribution is 2.23. The number of aromatic amines is 1. The van der Waals surface area contributed by atoms with Crippen molar-refractivity contribution in [1.82, 2.24) is 10.2 Å². The summed E-state index contributed by atoms with van der Waals surface area (Å²) in [5, 5.41) is 9.10. The van der Waals surface area contributed by atoms with Gasteiger partial charge in [0.05, 0.1) is 16.7 Å². The molecule has 2 rings (SSSR count). The van der Waals surface area contributed by atoms with Crippen LogP contribution < -0.4 is 5.32 Å². The second kappa shape index (κ2) is 5.26. The van der Waals surface area contributed by atoms with Gasteiger partial charge < -0.3 is 5.32 Å². The number of halogens is 1. The zero-order valence-electron chi connectivity index (χ0n) is 10.8. The molecular weight excluding hydrogens is 302 g/mol. The lowest BCUT2D eigenvalue weighted by atomic mass is 10.2. The maximum absolute atomic E-state index is 12.0. The van der Waals surface area contributed by atoms with Crippen LogP contribution >= 0.6 is 10.7 Å². The number of rotatable bonds is 3. The Morgan fingerprint density at radius 1 is 1.35 bits per heavy atom. The summed E-state index contributed by atoms with van der Waals surface area (Å²) < 4.78 is 22.6. The first-order valence-corrected chi connectivity index (χ1v) is 7.96. The standard InChI is InChI=1S/C12H12ClN3O3S/c1-7-5-9(3-4-11(7)20(13,18)19)15-12(17)10-6-14-16-8(10)2/h3-6H,1-2H3,(H,14,16)(H,15,17). The minimum absolute atomic E-state index is 0.0247. The molecule has 2 N–H and O–H groups in total. The Morgan fingerprint density at radius 3 is 2.55 bits per heavy atom. The van der Waals surface area contributed by atoms with Crippen LogP contribution in [0.2, 0.25) is 0 Å². The zero-order chi connectivity index (χ0) is 14.9. The Kier molecular flexibility index (Phi) is 3.82. The summed E-state index contributed by atoms with van der Waals surface area (Å²) in [6.07, 6.45) is 1.43. The van der Waals surface area contributed by atoms with E-state index in [0.29, 0.717) is 22.5 Å². The highest BCUT2D eigenvalue weighted by molar-refractivity contribution is 8.13. The fraction of sp³-hybridized carbons (Fsp3) is 0.167. The topological polar surface area (TPSA) is 91.9 Å². The second-order valence-electron chi connectivity index (χ2n) is 4.28. The zero-order valence-corrected chi connectivity index (χ0v) is 12.3. The van der Waals surface area contributed by atoms with Gasteiger partial charge in [0.25, 0.3) is 15.0 Å². The third kappa shape index (κ3) is 3.00. The normalized spacial score (nSPS) is 11.3. The number of nitrogens with zero attached hydrogens (tertiary/aromatic N) is 1. The number of amides is 1. The molecule has 2 aromatic rings. The molecule has 0 bridgehead atoms. The summed E-state index contributed by atoms with van der Waals surface area (Å²) >= 11 is 0. The maximum atomic E-state index is 12.0. The molecule has 0 saturated heterocycles. The van der Waals surface area contributed by atoms with Gasteiger partial charge in [0, 0.05) is 22.1 Å². The van der Waals surface area contributed by atoms with Crippen LogP contribution in [0.3, 0.4) is 0 Å². The lowest BCUT2D eigenvalue weighted by Crippen LogP contribution is -2.12. The number of aromatic nitrogens is 2. The summed E-state index contributed by atoms with van der Waals surface area (Å²) in [5.41, 5.74) is 2.02. The molecule has 0 spiro atoms. The molecule has 0 radical (unpaired) electrons. The minimum Gasteiger partial charge on any atom is -0.322 e. The van der Waals surface area contributed by atoms with Gasteiger partial charge in [0.1, 0.15) is 0 Å². The van der Waals surface area contributed by atoms with Gasteiger partial charge >= 0.3 is 0 Å². The van der Waals surface area contributed by atoms with Crippen LogP contribution in [-0.4, -0.2) is 24.5 Å². The molecule has 1 aromatic heterocycles. The van der Waals surface area contributed by atoms with Crippen molar-refractivity contribution >= 4 is 31.3 Å². The van der Waals surface area contributed by atoms with Crippen molar-refractivity contribution in [2.75, 3.05) is 5.32 Å². The fourth-order valence-electron chi connectivity index (χ4n) is 1.78. The minimum atomic E-state index is -3.78. The Morgan fingerprint density at radius 2 is 2.05 bits per heavy atom. The van der Waals surface area contributed by atoms with E-state index in [2.05, 4.69) is 15.5 Å². The average molecular weight is 314 g/mol. The molecule has 20 heavy (non-hydrogen) atoms. The number of anilines is 1. The van der Waals surface area contributed by atoms with Gasteiger partial charge in [-0.1, -0.05) is 0 Å². The molecule has 1 heterocycles. The van der Waals surface area contributed by atoms with Gasteiger partial charge in [0.2, 0.25) is 0 Å². The van der Waals surface area contributed by atoms with Crippen molar-refractivity contribution in [3.05, 3.63) is 41.2 Å². The molecule has 0 fully saturated rings. The van der Waals surface area contributed by atoms with E-state index >= 15 is 0 Å². The van der Waals surface area contributed by atoms with Crippen LogP contribution in [0.25, 0.3) is 0 Å². The van der Waals surface area contributed by atoms with E-state index < -0.39 is 9.05 Å². The number of hydrogen-bond donors (Lipinski definition) is 2. The Labute approximate surface area is 120 Å². The number of carbonyl (C=O) groups is 1. The summed E-state index contributed by atoms with van der Waals surface area (Å²) in [6.45, 7) is 3.34. The molecule has 8 heteroatoms. The highest BCUT2D eigenvalue weighted by atomic mass is 35.7. The van der Waals surface area contributed by atoms with E-state index in [4.69, 9.17) is 10.7 Å². The van der Waals surface area contributed by atoms with Gasteiger partial charge in [-0.05, 0) is 37.6 Å². The molecule has 0 saturated carbocycles. The van der Waals surface area contributed by atoms with Crippen molar-refractivity contribution in [1.29, 1.82) is 0 Å². The van der Waals surface area contributed by atoms with Gasteiger partial charge in [-0.25, -0.2) is 8.42 Å². The van der Waals surface area contributed by atoms with Crippen LogP contribution in [0.1, 0.15) is 21.6 Å². The molecule has 0 aliphatic rings. The highest BCUT2D eigenvalue weighted by Gasteiger charge is 2.15. The predicted octanol–water partition coefficient (Wildman–Crippen LogP) is 2.21. The van der Waals surface area contributed by atoms with Crippen LogP contribution in [0, 0.1) is 13.8 Å². The largest absolute Gasteiger partial charge is 0.322 e. The van der Waals surface area contributed by atoms with Crippen molar-refractivity contribution in [3.63, 3.8) is 0 Å². The first-order valence-electron chi connectivity index (χ1n) is 5.65. The van der Waals surface area contributed by atoms with Gasteiger partial charge in [-0.3, -0.25) is 9.89 Å². The summed E-state index contributed by atoms with van der Waals surface area (Å²) in [5.74, 6) is -0.322. The lowest BCUT2D eigenvalue weighted by molar-refractivity contribution is 0.102. The molecule has 0 aliphatic heterocycles. The smallest absolute Gasteiger partial charge is 0.261 e. The van der Waals surface area contributed by atoms with Crippen LogP contribution in [0.15, 0.2) is 29.3 Å². The molecule has 106 valence electrons. The molecule has 0 atom stereocenters. The van der Waals surface area contributed by atoms with Crippen LogP contribution in [0.5, 0.6) is 0 Å². The number of nitrogens with one attached hydrogen (secondary N) is 2. The van der Waals surface area contributed by atoms with Gasteiger partial charge in [0.15, 0.2) is 0 Å². The predicted molar refractivity (Wildman–Crippen MR) is 75.5 cm³/mol. The number of benzene rings is 1. The third-order valence-electron chi connectivity index (χ3n) is 2.77. The Bertz CT molecular complexity index is 768. The Hall–Kier alpha value is -1.86. The van der Waals surface area contributed by atoms with E-state index in [9.17, 15) is 13.2 Å². The van der Waals surface area contributed by atoms with E-state index in [0.717, 1.165) is 0 Å². The van der Waals surface area contributed by atoms with Crippen molar-refractivity contribution in [2.24, 2.45) is 0 Å². The van der Waals surface area contributed by atoms with Crippen molar-refractivity contribution in [3.8, 4) is 0 Å². The van der Waals surface area contributed by atoms with E-state index in [-0.39, 0.29) is 10.8 Å². The van der Waals surface area contributed by atoms with Gasteiger partial charge in [-0.2, -0.15) is 5.10 Å². The summed E-state index contributed by atoms with van der Waals surface area (Å²) in [6, 6.07) is 4.38. The molecular formula is C12H12ClN3O3S. The first-order chi connectivity index (χ1) is 9.29. The second-order valence-corrected chi connectivity index (χ2v) is 6.82. The first kappa shape index (κ1) is 14.5. The quantitative estimate of drug-likeness (QED) is 0.850. The summed E-state index contributed by atoms with van der Waals surface area (Å²) in [4.78, 5) is 12.0. The Balaban J connectivity index is 2.26. The number of aryl methyl sites for hydroxylation is 2. The van der Waals surface area contributed by atoms with E-state index in [1.54, 1.807) is 19.9 Å². The molecule has 0 unspecified atom stereocenters. The molecule has 6 nitrogen and oxygen atoms in total. The van der Waals surface area contributed by atoms with Gasteiger partial charge in [-0.15, -0.1) is 0 Å². The average Bonchev–Trinajstić information content (AvgIpc) is 2.73. The maximum Gasteiger partial charge on any atom is 0.261 e. The van der Waals surface area contributed by atoms with E-state index in [1.807, 2.05) is 0 Å². The monoisotopic (exact) mass is 313 g/mol. The lowest BCUT2D eigenvalue weighted by Gasteiger charge is -2.07. The fourth-order valence-corrected chi connectivity index (χ4v) is 2.97. The number of carbonyl (C=O) groups excluding carboxylic acids is 1. The third-order valence-corrected chi connectivity index (χ3v) is 4.25. The van der Waals surface area contributed by atoms with E-state index in [1.165, 1.54) is 18.3 Å². The SMILES string of the molecule is Cc1cc(NC(=O)c2cn[nH]c2C)ccc1S(=O)(=O)Cl. The van der Waals surface area contributed by atoms with Crippen molar-refractivity contribution < 1.29 is 13.2 Å². The molecule has 1 amide bonds. The summed E-state index contributed by atoms with van der Waals surface area (Å²) in [7, 11) is 1.51. The molecule has 0 aliphatic carbocycles. The van der Waals surface area contributed by atoms with Crippen LogP contribution in [0.4, 0.5) is 5.69 Å². The number of H-pyrrole nitrogens is 1. The molecule has 1 aromatic carbocycles. The van der Waals surface area contributed by atoms with Crippen LogP contribution in [-0.2, 0) is 9.05 Å².